The molecular weight excluding hydrogens is 435 g/mol. The third-order valence-corrected chi connectivity index (χ3v) is 6.26. The van der Waals surface area contributed by atoms with Crippen molar-refractivity contribution in [3.8, 4) is 17.2 Å². The zero-order chi connectivity index (χ0) is 23.1. The van der Waals surface area contributed by atoms with Gasteiger partial charge >= 0.3 is 0 Å². The molecule has 1 fully saturated rings. The fraction of sp³-hybridized carbons (Fsp3) is 0.391. The van der Waals surface area contributed by atoms with E-state index in [9.17, 15) is 14.0 Å². The van der Waals surface area contributed by atoms with E-state index in [1.54, 1.807) is 40.9 Å². The van der Waals surface area contributed by atoms with Crippen molar-refractivity contribution in [3.63, 3.8) is 0 Å². The van der Waals surface area contributed by atoms with Crippen LogP contribution in [0, 0.1) is 11.7 Å². The average molecular weight is 463 g/mol. The van der Waals surface area contributed by atoms with Crippen LogP contribution in [0.5, 0.6) is 17.2 Å². The number of halogens is 1. The highest BCUT2D eigenvalue weighted by Crippen LogP contribution is 2.42. The lowest BCUT2D eigenvalue weighted by molar-refractivity contribution is -0.126. The fourth-order valence-electron chi connectivity index (χ4n) is 3.50. The molecule has 0 saturated carbocycles. The van der Waals surface area contributed by atoms with Crippen molar-refractivity contribution in [3.05, 3.63) is 42.2 Å². The lowest BCUT2D eigenvalue weighted by atomic mass is 10.1. The molecule has 3 rings (SSSR count). The fourth-order valence-corrected chi connectivity index (χ4v) is 4.36. The Balaban J connectivity index is 1.52. The predicted octanol–water partition coefficient (Wildman–Crippen LogP) is 3.50. The topological polar surface area (TPSA) is 77.1 Å². The molecule has 0 spiro atoms. The van der Waals surface area contributed by atoms with E-state index in [1.165, 1.54) is 33.5 Å². The number of ether oxygens (including phenoxy) is 3. The van der Waals surface area contributed by atoms with Crippen LogP contribution in [0.4, 0.5) is 10.1 Å². The Labute approximate surface area is 191 Å². The molecule has 2 amide bonds. The van der Waals surface area contributed by atoms with Gasteiger partial charge in [0, 0.05) is 36.5 Å². The normalized spacial score (nSPS) is 15.6. The summed E-state index contributed by atoms with van der Waals surface area (Å²) >= 11 is 1.61. The number of nitrogens with one attached hydrogen (secondary N) is 1. The number of anilines is 1. The minimum Gasteiger partial charge on any atom is -0.493 e. The van der Waals surface area contributed by atoms with Crippen LogP contribution in [0.3, 0.4) is 0 Å². The van der Waals surface area contributed by atoms with Gasteiger partial charge in [0.05, 0.1) is 32.9 Å². The Hall–Kier alpha value is -2.94. The third-order valence-electron chi connectivity index (χ3n) is 5.16. The van der Waals surface area contributed by atoms with Gasteiger partial charge in [-0.25, -0.2) is 4.39 Å². The molecule has 1 heterocycles. The van der Waals surface area contributed by atoms with Gasteiger partial charge in [-0.3, -0.25) is 9.59 Å². The number of rotatable bonds is 10. The maximum absolute atomic E-state index is 12.9. The molecule has 1 aliphatic rings. The first-order valence-electron chi connectivity index (χ1n) is 10.2. The molecule has 0 radical (unpaired) electrons. The Bertz CT molecular complexity index is 929. The first-order chi connectivity index (χ1) is 15.5. The lowest BCUT2D eigenvalue weighted by Gasteiger charge is -2.20. The summed E-state index contributed by atoms with van der Waals surface area (Å²) < 4.78 is 29.0. The van der Waals surface area contributed by atoms with Crippen LogP contribution in [0.15, 0.2) is 41.3 Å². The zero-order valence-corrected chi connectivity index (χ0v) is 19.2. The monoisotopic (exact) mass is 462 g/mol. The van der Waals surface area contributed by atoms with E-state index in [4.69, 9.17) is 14.2 Å². The number of amides is 2. The van der Waals surface area contributed by atoms with Crippen LogP contribution in [0.1, 0.15) is 12.8 Å². The Morgan fingerprint density at radius 1 is 1.12 bits per heavy atom. The van der Waals surface area contributed by atoms with E-state index >= 15 is 0 Å². The van der Waals surface area contributed by atoms with Gasteiger partial charge in [-0.1, -0.05) is 0 Å². The summed E-state index contributed by atoms with van der Waals surface area (Å²) in [6.45, 7) is 0.801. The van der Waals surface area contributed by atoms with Crippen molar-refractivity contribution in [2.24, 2.45) is 5.92 Å². The van der Waals surface area contributed by atoms with E-state index in [1.807, 2.05) is 0 Å². The SMILES string of the molecule is COc1cc(N2CC(C(=O)NCCCSc3ccc(F)cc3)CC2=O)cc(OC)c1OC. The van der Waals surface area contributed by atoms with E-state index < -0.39 is 5.92 Å². The number of carbonyl (C=O) groups is 2. The molecule has 172 valence electrons. The summed E-state index contributed by atoms with van der Waals surface area (Å²) in [7, 11) is 4.54. The first kappa shape index (κ1) is 23.7. The maximum atomic E-state index is 12.9. The molecule has 0 bridgehead atoms. The molecule has 0 aromatic heterocycles. The summed E-state index contributed by atoms with van der Waals surface area (Å²) in [4.78, 5) is 27.7. The second-order valence-electron chi connectivity index (χ2n) is 7.24. The average Bonchev–Trinajstić information content (AvgIpc) is 3.20. The Kier molecular flexibility index (Phi) is 8.21. The summed E-state index contributed by atoms with van der Waals surface area (Å²) in [5.41, 5.74) is 0.593. The highest BCUT2D eigenvalue weighted by Gasteiger charge is 2.35. The third kappa shape index (κ3) is 5.64. The van der Waals surface area contributed by atoms with Crippen LogP contribution in [-0.2, 0) is 9.59 Å². The number of hydrogen-bond acceptors (Lipinski definition) is 6. The maximum Gasteiger partial charge on any atom is 0.227 e. The van der Waals surface area contributed by atoms with Crippen LogP contribution in [-0.4, -0.2) is 52.0 Å². The van der Waals surface area contributed by atoms with Crippen LogP contribution in [0.25, 0.3) is 0 Å². The molecule has 9 heteroatoms. The molecule has 1 N–H and O–H groups in total. The number of benzene rings is 2. The van der Waals surface area contributed by atoms with Crippen molar-refractivity contribution in [1.29, 1.82) is 0 Å². The highest BCUT2D eigenvalue weighted by molar-refractivity contribution is 7.99. The molecule has 32 heavy (non-hydrogen) atoms. The summed E-state index contributed by atoms with van der Waals surface area (Å²) in [5, 5.41) is 2.92. The molecule has 2 aromatic rings. The summed E-state index contributed by atoms with van der Waals surface area (Å²) in [6, 6.07) is 9.74. The molecule has 1 unspecified atom stereocenters. The number of nitrogens with zero attached hydrogens (tertiary/aromatic N) is 1. The highest BCUT2D eigenvalue weighted by atomic mass is 32.2. The van der Waals surface area contributed by atoms with Gasteiger partial charge in [-0.15, -0.1) is 11.8 Å². The predicted molar refractivity (Wildman–Crippen MR) is 121 cm³/mol. The van der Waals surface area contributed by atoms with Gasteiger partial charge in [0.2, 0.25) is 17.6 Å². The first-order valence-corrected chi connectivity index (χ1v) is 11.2. The van der Waals surface area contributed by atoms with Crippen molar-refractivity contribution < 1.29 is 28.2 Å². The number of hydrogen-bond donors (Lipinski definition) is 1. The molecule has 1 aliphatic heterocycles. The smallest absolute Gasteiger partial charge is 0.227 e. The van der Waals surface area contributed by atoms with E-state index in [2.05, 4.69) is 5.32 Å². The zero-order valence-electron chi connectivity index (χ0n) is 18.4. The van der Waals surface area contributed by atoms with E-state index in [0.717, 1.165) is 17.1 Å². The second kappa shape index (κ2) is 11.1. The standard InChI is InChI=1S/C23H27FN2O5S/c1-29-19-12-17(13-20(30-2)22(19)31-3)26-14-15(11-21(26)27)23(28)25-9-4-10-32-18-7-5-16(24)6-8-18/h5-8,12-13,15H,4,9-11,14H2,1-3H3,(H,25,28). The van der Waals surface area contributed by atoms with Crippen molar-refractivity contribution in [1.82, 2.24) is 5.32 Å². The van der Waals surface area contributed by atoms with Gasteiger partial charge < -0.3 is 24.4 Å². The van der Waals surface area contributed by atoms with Crippen molar-refractivity contribution in [2.45, 2.75) is 17.7 Å². The Morgan fingerprint density at radius 2 is 1.78 bits per heavy atom. The second-order valence-corrected chi connectivity index (χ2v) is 8.40. The molecule has 2 aromatic carbocycles. The minimum atomic E-state index is -0.425. The molecular formula is C23H27FN2O5S. The number of thioether (sulfide) groups is 1. The van der Waals surface area contributed by atoms with Crippen LogP contribution in [0.2, 0.25) is 0 Å². The van der Waals surface area contributed by atoms with Crippen LogP contribution < -0.4 is 24.4 Å². The van der Waals surface area contributed by atoms with E-state index in [0.29, 0.717) is 29.5 Å². The molecule has 0 aliphatic carbocycles. The molecule has 1 atom stereocenters. The van der Waals surface area contributed by atoms with Crippen molar-refractivity contribution >= 4 is 29.3 Å². The Morgan fingerprint density at radius 3 is 2.38 bits per heavy atom. The lowest BCUT2D eigenvalue weighted by Crippen LogP contribution is -2.33. The van der Waals surface area contributed by atoms with Gasteiger partial charge in [0.15, 0.2) is 11.5 Å². The largest absolute Gasteiger partial charge is 0.493 e. The van der Waals surface area contributed by atoms with Gasteiger partial charge in [-0.05, 0) is 36.4 Å². The van der Waals surface area contributed by atoms with Gasteiger partial charge in [-0.2, -0.15) is 0 Å². The quantitative estimate of drug-likeness (QED) is 0.430. The minimum absolute atomic E-state index is 0.133. The van der Waals surface area contributed by atoms with Gasteiger partial charge in [0.1, 0.15) is 5.82 Å². The molecule has 1 saturated heterocycles. The summed E-state index contributed by atoms with van der Waals surface area (Å²) in [6.07, 6.45) is 0.915. The van der Waals surface area contributed by atoms with Crippen molar-refractivity contribution in [2.75, 3.05) is 45.1 Å². The number of carbonyl (C=O) groups excluding carboxylic acids is 2. The molecule has 7 nitrogen and oxygen atoms in total. The van der Waals surface area contributed by atoms with Gasteiger partial charge in [0.25, 0.3) is 0 Å². The number of methoxy groups -OCH3 is 3. The van der Waals surface area contributed by atoms with Crippen LogP contribution >= 0.6 is 11.8 Å². The van der Waals surface area contributed by atoms with E-state index in [-0.39, 0.29) is 30.6 Å². The summed E-state index contributed by atoms with van der Waals surface area (Å²) in [5.74, 6) is 1.18.